The van der Waals surface area contributed by atoms with Gasteiger partial charge in [0.15, 0.2) is 0 Å². The fraction of sp³-hybridized carbons (Fsp3) is 0.600. The van der Waals surface area contributed by atoms with Crippen LogP contribution in [0, 0.1) is 0 Å². The van der Waals surface area contributed by atoms with E-state index >= 15 is 0 Å². The lowest BCUT2D eigenvalue weighted by Gasteiger charge is -2.36. The summed E-state index contributed by atoms with van der Waals surface area (Å²) in [7, 11) is 0. The first-order valence-electron chi connectivity index (χ1n) is 9.45. The molecule has 2 rings (SSSR count). The van der Waals surface area contributed by atoms with Gasteiger partial charge in [-0.2, -0.15) is 0 Å². The molecule has 5 nitrogen and oxygen atoms in total. The van der Waals surface area contributed by atoms with Crippen LogP contribution in [-0.2, 0) is 4.79 Å². The predicted octanol–water partition coefficient (Wildman–Crippen LogP) is 3.43. The third-order valence-corrected chi connectivity index (χ3v) is 4.72. The van der Waals surface area contributed by atoms with Crippen molar-refractivity contribution in [1.29, 1.82) is 0 Å². The second-order valence-corrected chi connectivity index (χ2v) is 6.68. The van der Waals surface area contributed by atoms with Gasteiger partial charge in [-0.3, -0.25) is 9.59 Å². The Bertz CT molecular complexity index is 563. The number of carbonyl (C=O) groups is 2. The van der Waals surface area contributed by atoms with E-state index < -0.39 is 5.54 Å². The van der Waals surface area contributed by atoms with E-state index in [0.29, 0.717) is 31.6 Å². The Morgan fingerprint density at radius 3 is 2.36 bits per heavy atom. The molecule has 0 bridgehead atoms. The van der Waals surface area contributed by atoms with Crippen molar-refractivity contribution in [3.05, 3.63) is 29.8 Å². The Balaban J connectivity index is 2.03. The first-order valence-corrected chi connectivity index (χ1v) is 9.45. The van der Waals surface area contributed by atoms with Gasteiger partial charge in [0.2, 0.25) is 5.91 Å². The Hall–Kier alpha value is -2.04. The molecular weight excluding hydrogens is 316 g/mol. The molecule has 138 valence electrons. The van der Waals surface area contributed by atoms with Crippen LogP contribution in [0.4, 0.5) is 0 Å². The fourth-order valence-electron chi connectivity index (χ4n) is 3.22. The number of carbonyl (C=O) groups excluding carboxylic acids is 2. The summed E-state index contributed by atoms with van der Waals surface area (Å²) in [6.45, 7) is 5.27. The molecule has 0 unspecified atom stereocenters. The molecule has 0 radical (unpaired) electrons. The zero-order valence-electron chi connectivity index (χ0n) is 15.4. The van der Waals surface area contributed by atoms with Crippen LogP contribution in [0.3, 0.4) is 0 Å². The summed E-state index contributed by atoms with van der Waals surface area (Å²) in [6.07, 6.45) is 6.52. The highest BCUT2D eigenvalue weighted by atomic mass is 16.5. The number of ether oxygens (including phenoxy) is 1. The maximum Gasteiger partial charge on any atom is 0.252 e. The van der Waals surface area contributed by atoms with Crippen molar-refractivity contribution in [1.82, 2.24) is 10.6 Å². The van der Waals surface area contributed by atoms with Gasteiger partial charge in [0, 0.05) is 12.1 Å². The minimum absolute atomic E-state index is 0.0671. The van der Waals surface area contributed by atoms with Crippen molar-refractivity contribution >= 4 is 11.8 Å². The quantitative estimate of drug-likeness (QED) is 0.709. The lowest BCUT2D eigenvalue weighted by atomic mass is 9.80. The van der Waals surface area contributed by atoms with Crippen LogP contribution in [-0.4, -0.2) is 30.5 Å². The molecule has 0 saturated heterocycles. The maximum atomic E-state index is 12.7. The summed E-state index contributed by atoms with van der Waals surface area (Å²) >= 11 is 0. The van der Waals surface area contributed by atoms with Crippen LogP contribution in [0.2, 0.25) is 0 Å². The van der Waals surface area contributed by atoms with E-state index in [4.69, 9.17) is 4.74 Å². The van der Waals surface area contributed by atoms with Gasteiger partial charge in [0.25, 0.3) is 5.91 Å². The maximum absolute atomic E-state index is 12.7. The van der Waals surface area contributed by atoms with Crippen molar-refractivity contribution in [2.75, 3.05) is 13.2 Å². The highest BCUT2D eigenvalue weighted by Crippen LogP contribution is 2.29. The normalized spacial score (nSPS) is 16.1. The van der Waals surface area contributed by atoms with Crippen LogP contribution < -0.4 is 15.4 Å². The smallest absolute Gasteiger partial charge is 0.252 e. The average molecular weight is 346 g/mol. The second kappa shape index (κ2) is 9.44. The summed E-state index contributed by atoms with van der Waals surface area (Å²) in [5.74, 6) is 0.497. The number of nitrogens with one attached hydrogen (secondary N) is 2. The first-order chi connectivity index (χ1) is 12.1. The van der Waals surface area contributed by atoms with E-state index in [-0.39, 0.29) is 11.8 Å². The molecule has 0 spiro atoms. The van der Waals surface area contributed by atoms with Crippen molar-refractivity contribution in [3.63, 3.8) is 0 Å². The third-order valence-electron chi connectivity index (χ3n) is 4.72. The van der Waals surface area contributed by atoms with Gasteiger partial charge in [0.05, 0.1) is 6.61 Å². The second-order valence-electron chi connectivity index (χ2n) is 6.68. The Labute approximate surface area is 150 Å². The topological polar surface area (TPSA) is 67.4 Å². The van der Waals surface area contributed by atoms with Crippen molar-refractivity contribution < 1.29 is 14.3 Å². The Kier molecular flexibility index (Phi) is 7.29. The number of hydrogen-bond acceptors (Lipinski definition) is 3. The number of amides is 2. The Morgan fingerprint density at radius 2 is 1.76 bits per heavy atom. The van der Waals surface area contributed by atoms with Crippen LogP contribution >= 0.6 is 0 Å². The summed E-state index contributed by atoms with van der Waals surface area (Å²) in [5, 5.41) is 5.89. The standard InChI is InChI=1S/C20H30N2O3/c1-3-5-15-25-17-11-9-16(10-12-17)18(23)22-20(19(24)21-4-2)13-7-6-8-14-20/h9-12H,3-8,13-15H2,1-2H3,(H,21,24)(H,22,23). The molecule has 1 aliphatic carbocycles. The minimum Gasteiger partial charge on any atom is -0.494 e. The van der Waals surface area contributed by atoms with E-state index in [1.54, 1.807) is 12.1 Å². The van der Waals surface area contributed by atoms with E-state index in [9.17, 15) is 9.59 Å². The lowest BCUT2D eigenvalue weighted by Crippen LogP contribution is -2.59. The van der Waals surface area contributed by atoms with Gasteiger partial charge >= 0.3 is 0 Å². The molecule has 0 aromatic heterocycles. The van der Waals surface area contributed by atoms with Gasteiger partial charge in [-0.05, 0) is 50.5 Å². The SMILES string of the molecule is CCCCOc1ccc(C(=O)NC2(C(=O)NCC)CCCCC2)cc1. The molecule has 2 amide bonds. The number of rotatable bonds is 8. The molecule has 0 aliphatic heterocycles. The number of likely N-dealkylation sites (N-methyl/N-ethyl adjacent to an activating group) is 1. The van der Waals surface area contributed by atoms with Crippen LogP contribution in [0.25, 0.3) is 0 Å². The highest BCUT2D eigenvalue weighted by Gasteiger charge is 2.40. The molecule has 0 atom stereocenters. The average Bonchev–Trinajstić information content (AvgIpc) is 2.63. The van der Waals surface area contributed by atoms with Crippen LogP contribution in [0.15, 0.2) is 24.3 Å². The van der Waals surface area contributed by atoms with Gasteiger partial charge in [-0.25, -0.2) is 0 Å². The van der Waals surface area contributed by atoms with Crippen LogP contribution in [0.5, 0.6) is 5.75 Å². The molecule has 5 heteroatoms. The summed E-state index contributed by atoms with van der Waals surface area (Å²) in [6, 6.07) is 7.13. The van der Waals surface area contributed by atoms with Crippen molar-refractivity contribution in [2.24, 2.45) is 0 Å². The summed E-state index contributed by atoms with van der Waals surface area (Å²) in [4.78, 5) is 25.2. The highest BCUT2D eigenvalue weighted by molar-refractivity contribution is 5.99. The lowest BCUT2D eigenvalue weighted by molar-refractivity contribution is -0.128. The van der Waals surface area contributed by atoms with Crippen LogP contribution in [0.1, 0.15) is 69.2 Å². The third kappa shape index (κ3) is 5.21. The molecule has 25 heavy (non-hydrogen) atoms. The van der Waals surface area contributed by atoms with Crippen molar-refractivity contribution in [3.8, 4) is 5.75 Å². The molecule has 1 aliphatic rings. The van der Waals surface area contributed by atoms with E-state index in [2.05, 4.69) is 17.6 Å². The monoisotopic (exact) mass is 346 g/mol. The van der Waals surface area contributed by atoms with E-state index in [1.165, 1.54) is 0 Å². The van der Waals surface area contributed by atoms with E-state index in [1.807, 2.05) is 19.1 Å². The zero-order chi connectivity index (χ0) is 18.1. The molecular formula is C20H30N2O3. The predicted molar refractivity (Wildman–Crippen MR) is 98.8 cm³/mol. The number of benzene rings is 1. The van der Waals surface area contributed by atoms with E-state index in [0.717, 1.165) is 37.9 Å². The number of hydrogen-bond donors (Lipinski definition) is 2. The molecule has 1 aromatic rings. The van der Waals surface area contributed by atoms with Gasteiger partial charge < -0.3 is 15.4 Å². The zero-order valence-corrected chi connectivity index (χ0v) is 15.4. The molecule has 0 heterocycles. The fourth-order valence-corrected chi connectivity index (χ4v) is 3.22. The van der Waals surface area contributed by atoms with Gasteiger partial charge in [-0.1, -0.05) is 32.6 Å². The minimum atomic E-state index is -0.776. The summed E-state index contributed by atoms with van der Waals surface area (Å²) < 4.78 is 5.63. The largest absolute Gasteiger partial charge is 0.494 e. The number of unbranched alkanes of at least 4 members (excludes halogenated alkanes) is 1. The van der Waals surface area contributed by atoms with Crippen molar-refractivity contribution in [2.45, 2.75) is 64.3 Å². The molecule has 1 aromatic carbocycles. The molecule has 2 N–H and O–H groups in total. The molecule has 1 fully saturated rings. The summed E-state index contributed by atoms with van der Waals surface area (Å²) in [5.41, 5.74) is -0.223. The Morgan fingerprint density at radius 1 is 1.08 bits per heavy atom. The first kappa shape index (κ1) is 19.3. The molecule has 1 saturated carbocycles. The van der Waals surface area contributed by atoms with Gasteiger partial charge in [0.1, 0.15) is 11.3 Å². The van der Waals surface area contributed by atoms with Gasteiger partial charge in [-0.15, -0.1) is 0 Å².